The number of benzene rings is 1. The first-order chi connectivity index (χ1) is 12.1. The van der Waals surface area contributed by atoms with Crippen LogP contribution in [0.3, 0.4) is 0 Å². The number of nitrogens with one attached hydrogen (secondary N) is 4. The van der Waals surface area contributed by atoms with Crippen molar-refractivity contribution in [1.82, 2.24) is 21.3 Å². The summed E-state index contributed by atoms with van der Waals surface area (Å²) in [6.45, 7) is 1.82. The molecule has 0 amide bonds. The molecule has 1 heterocycles. The van der Waals surface area contributed by atoms with Gasteiger partial charge in [-0.1, -0.05) is 6.07 Å². The molecule has 0 aliphatic heterocycles. The van der Waals surface area contributed by atoms with Crippen molar-refractivity contribution in [3.8, 4) is 6.07 Å². The van der Waals surface area contributed by atoms with E-state index in [0.29, 0.717) is 16.4 Å². The van der Waals surface area contributed by atoms with Gasteiger partial charge in [-0.25, -0.2) is 0 Å². The molecule has 0 spiro atoms. The van der Waals surface area contributed by atoms with E-state index in [9.17, 15) is 0 Å². The fourth-order valence-electron chi connectivity index (χ4n) is 1.70. The average Bonchev–Trinajstić information content (AvgIpc) is 2.65. The monoisotopic (exact) mass is 369 g/mol. The van der Waals surface area contributed by atoms with E-state index in [1.54, 1.807) is 30.5 Å². The topological polar surface area (TPSA) is 97.2 Å². The molecule has 0 atom stereocenters. The van der Waals surface area contributed by atoms with Gasteiger partial charge >= 0.3 is 0 Å². The summed E-state index contributed by atoms with van der Waals surface area (Å²) in [6.07, 6.45) is 1.69. The Morgan fingerprint density at radius 2 is 1.80 bits per heavy atom. The predicted molar refractivity (Wildman–Crippen MR) is 106 cm³/mol. The molecule has 0 bridgehead atoms. The Morgan fingerprint density at radius 1 is 1.08 bits per heavy atom. The van der Waals surface area contributed by atoms with Crippen LogP contribution in [0.5, 0.6) is 0 Å². The summed E-state index contributed by atoms with van der Waals surface area (Å²) in [7, 11) is 0. The van der Waals surface area contributed by atoms with Gasteiger partial charge in [-0.15, -0.1) is 0 Å². The average molecular weight is 369 g/mol. The maximum absolute atomic E-state index is 8.76. The Morgan fingerprint density at radius 3 is 2.44 bits per heavy atom. The van der Waals surface area contributed by atoms with E-state index in [0.717, 1.165) is 11.4 Å². The van der Waals surface area contributed by atoms with Crippen LogP contribution in [0, 0.1) is 11.3 Å². The molecule has 9 heteroatoms. The van der Waals surface area contributed by atoms with Gasteiger partial charge in [0.05, 0.1) is 23.0 Å². The zero-order valence-corrected chi connectivity index (χ0v) is 14.9. The summed E-state index contributed by atoms with van der Waals surface area (Å²) in [4.78, 5) is 4.19. The number of hydrazine groups is 1. The molecule has 0 fully saturated rings. The Balaban J connectivity index is 1.77. The van der Waals surface area contributed by atoms with Crippen LogP contribution >= 0.6 is 24.4 Å². The van der Waals surface area contributed by atoms with Crippen molar-refractivity contribution in [3.05, 3.63) is 59.9 Å². The fraction of sp³-hybridized carbons (Fsp3) is 0.0625. The second-order valence-corrected chi connectivity index (χ2v) is 5.56. The molecule has 2 aromatic rings. The summed E-state index contributed by atoms with van der Waals surface area (Å²) in [5.74, 6) is 0. The molecule has 4 N–H and O–H groups in total. The Labute approximate surface area is 156 Å². The van der Waals surface area contributed by atoms with Crippen molar-refractivity contribution in [2.75, 3.05) is 5.32 Å². The number of hydrogen-bond acceptors (Lipinski definition) is 5. The lowest BCUT2D eigenvalue weighted by Crippen LogP contribution is -2.47. The number of nitriles is 1. The van der Waals surface area contributed by atoms with Gasteiger partial charge in [0.1, 0.15) is 0 Å². The number of anilines is 1. The third-order valence-corrected chi connectivity index (χ3v) is 3.32. The third-order valence-electron chi connectivity index (χ3n) is 2.92. The van der Waals surface area contributed by atoms with Crippen molar-refractivity contribution in [2.45, 2.75) is 6.92 Å². The molecular formula is C16H15N7S2. The molecule has 0 aliphatic carbocycles. The zero-order valence-electron chi connectivity index (χ0n) is 13.3. The molecular weight excluding hydrogens is 354 g/mol. The van der Waals surface area contributed by atoms with Crippen LogP contribution in [0.1, 0.15) is 18.2 Å². The molecule has 25 heavy (non-hydrogen) atoms. The van der Waals surface area contributed by atoms with Crippen LogP contribution in [0.2, 0.25) is 0 Å². The summed E-state index contributed by atoms with van der Waals surface area (Å²) < 4.78 is 0. The predicted octanol–water partition coefficient (Wildman–Crippen LogP) is 2.04. The van der Waals surface area contributed by atoms with Crippen LogP contribution in [0.4, 0.5) is 5.69 Å². The number of pyridine rings is 1. The number of hydrazone groups is 1. The highest BCUT2D eigenvalue weighted by atomic mass is 32.1. The number of hydrogen-bond donors (Lipinski definition) is 4. The number of aromatic nitrogens is 1. The van der Waals surface area contributed by atoms with Gasteiger partial charge in [-0.05, 0) is 67.8 Å². The minimum absolute atomic E-state index is 0.249. The van der Waals surface area contributed by atoms with Gasteiger partial charge in [0.15, 0.2) is 5.11 Å². The normalized spacial score (nSPS) is 10.3. The first-order valence-corrected chi connectivity index (χ1v) is 7.99. The molecule has 0 radical (unpaired) electrons. The van der Waals surface area contributed by atoms with Gasteiger partial charge < -0.3 is 5.32 Å². The number of thiocarbonyl (C=S) groups is 2. The summed E-state index contributed by atoms with van der Waals surface area (Å²) in [6, 6.07) is 14.5. The molecule has 1 aromatic heterocycles. The van der Waals surface area contributed by atoms with Crippen LogP contribution in [-0.2, 0) is 0 Å². The third kappa shape index (κ3) is 6.14. The van der Waals surface area contributed by atoms with E-state index in [1.165, 1.54) is 0 Å². The maximum atomic E-state index is 8.76. The standard InChI is InChI=1S/C16H15N7S2/c1-11(14-4-2-3-9-18-14)20-22-16(25)23-21-15(24)19-13-7-5-12(10-17)6-8-13/h2-9H,1H3,(H2,19,21,24)(H2,22,23,25)/b20-11+. The van der Waals surface area contributed by atoms with Crippen LogP contribution in [0.25, 0.3) is 0 Å². The Bertz CT molecular complexity index is 811. The zero-order chi connectivity index (χ0) is 18.1. The molecule has 2 rings (SSSR count). The van der Waals surface area contributed by atoms with Crippen molar-refractivity contribution < 1.29 is 0 Å². The first kappa shape index (κ1) is 18.3. The summed E-state index contributed by atoms with van der Waals surface area (Å²) in [5.41, 5.74) is 10.9. The van der Waals surface area contributed by atoms with Crippen molar-refractivity contribution in [2.24, 2.45) is 5.10 Å². The van der Waals surface area contributed by atoms with Gasteiger partial charge in [-0.3, -0.25) is 21.3 Å². The van der Waals surface area contributed by atoms with E-state index in [1.807, 2.05) is 25.1 Å². The SMILES string of the molecule is C/C(=N\NC(=S)NNC(=S)Nc1ccc(C#N)cc1)c1ccccn1. The highest BCUT2D eigenvalue weighted by Crippen LogP contribution is 2.08. The van der Waals surface area contributed by atoms with Gasteiger partial charge in [0.25, 0.3) is 0 Å². The van der Waals surface area contributed by atoms with E-state index in [-0.39, 0.29) is 5.11 Å². The molecule has 0 saturated carbocycles. The van der Waals surface area contributed by atoms with E-state index < -0.39 is 0 Å². The van der Waals surface area contributed by atoms with Gasteiger partial charge in [-0.2, -0.15) is 10.4 Å². The summed E-state index contributed by atoms with van der Waals surface area (Å²) >= 11 is 10.2. The second kappa shape index (κ2) is 9.27. The molecule has 0 saturated heterocycles. The molecule has 0 aliphatic rings. The van der Waals surface area contributed by atoms with Crippen LogP contribution in [-0.4, -0.2) is 20.9 Å². The number of rotatable bonds is 3. The smallest absolute Gasteiger partial charge is 0.205 e. The molecule has 7 nitrogen and oxygen atoms in total. The minimum Gasteiger partial charge on any atom is -0.331 e. The Kier molecular flexibility index (Phi) is 6.76. The van der Waals surface area contributed by atoms with Crippen LogP contribution in [0.15, 0.2) is 53.8 Å². The highest BCUT2D eigenvalue weighted by Gasteiger charge is 2.00. The molecule has 1 aromatic carbocycles. The van der Waals surface area contributed by atoms with Crippen molar-refractivity contribution >= 4 is 46.1 Å². The van der Waals surface area contributed by atoms with Crippen molar-refractivity contribution in [3.63, 3.8) is 0 Å². The lowest BCUT2D eigenvalue weighted by atomic mass is 10.2. The fourth-order valence-corrected chi connectivity index (χ4v) is 1.97. The van der Waals surface area contributed by atoms with E-state index in [2.05, 4.69) is 37.7 Å². The second-order valence-electron chi connectivity index (χ2n) is 4.75. The van der Waals surface area contributed by atoms with E-state index >= 15 is 0 Å². The van der Waals surface area contributed by atoms with Gasteiger partial charge in [0.2, 0.25) is 5.11 Å². The molecule has 126 valence electrons. The largest absolute Gasteiger partial charge is 0.331 e. The van der Waals surface area contributed by atoms with E-state index in [4.69, 9.17) is 29.7 Å². The maximum Gasteiger partial charge on any atom is 0.205 e. The molecule has 0 unspecified atom stereocenters. The van der Waals surface area contributed by atoms with Crippen molar-refractivity contribution in [1.29, 1.82) is 5.26 Å². The minimum atomic E-state index is 0.249. The quantitative estimate of drug-likeness (QED) is 0.371. The van der Waals surface area contributed by atoms with Crippen LogP contribution < -0.4 is 21.6 Å². The first-order valence-electron chi connectivity index (χ1n) is 7.17. The lowest BCUT2D eigenvalue weighted by molar-refractivity contribution is 0.834. The number of nitrogens with zero attached hydrogens (tertiary/aromatic N) is 3. The highest BCUT2D eigenvalue weighted by molar-refractivity contribution is 7.80. The lowest BCUT2D eigenvalue weighted by Gasteiger charge is -2.13. The van der Waals surface area contributed by atoms with Gasteiger partial charge in [0, 0.05) is 11.9 Å². The summed E-state index contributed by atoms with van der Waals surface area (Å²) in [5, 5.41) is 16.4. The Hall–Kier alpha value is -3.09.